The van der Waals surface area contributed by atoms with Crippen LogP contribution in [0.2, 0.25) is 0 Å². The summed E-state index contributed by atoms with van der Waals surface area (Å²) >= 11 is 0. The van der Waals surface area contributed by atoms with Crippen molar-refractivity contribution in [1.29, 1.82) is 10.5 Å². The summed E-state index contributed by atoms with van der Waals surface area (Å²) in [6.07, 6.45) is 0.660. The molecule has 1 amide bonds. The van der Waals surface area contributed by atoms with Gasteiger partial charge in [-0.2, -0.15) is 10.5 Å². The van der Waals surface area contributed by atoms with Gasteiger partial charge in [0.15, 0.2) is 0 Å². The number of benzene rings is 2. The Kier molecular flexibility index (Phi) is 6.18. The lowest BCUT2D eigenvalue weighted by Gasteiger charge is -2.24. The van der Waals surface area contributed by atoms with E-state index >= 15 is 0 Å². The first kappa shape index (κ1) is 20.9. The van der Waals surface area contributed by atoms with Crippen molar-refractivity contribution >= 4 is 5.91 Å². The Bertz CT molecular complexity index is 1080. The number of rotatable bonds is 4. The lowest BCUT2D eigenvalue weighted by molar-refractivity contribution is -0.132. The molecule has 7 nitrogen and oxygen atoms in total. The van der Waals surface area contributed by atoms with Crippen molar-refractivity contribution in [3.63, 3.8) is 0 Å². The molecule has 158 valence electrons. The average molecular weight is 416 g/mol. The lowest BCUT2D eigenvalue weighted by atomic mass is 9.91. The smallest absolute Gasteiger partial charge is 0.251 e. The van der Waals surface area contributed by atoms with Crippen molar-refractivity contribution in [3.05, 3.63) is 52.6 Å². The van der Waals surface area contributed by atoms with Gasteiger partial charge in [-0.25, -0.2) is 0 Å². The predicted molar refractivity (Wildman–Crippen MR) is 114 cm³/mol. The number of fused-ring (bicyclic) bond motifs is 3. The van der Waals surface area contributed by atoms with E-state index in [1.807, 2.05) is 37.3 Å². The van der Waals surface area contributed by atoms with E-state index in [0.29, 0.717) is 31.7 Å². The van der Waals surface area contributed by atoms with Gasteiger partial charge in [0.2, 0.25) is 0 Å². The van der Waals surface area contributed by atoms with Gasteiger partial charge in [0, 0.05) is 25.1 Å². The summed E-state index contributed by atoms with van der Waals surface area (Å²) in [4.78, 5) is 12.5. The molecule has 2 N–H and O–H groups in total. The van der Waals surface area contributed by atoms with Crippen LogP contribution in [0.4, 0.5) is 0 Å². The molecule has 2 aromatic carbocycles. The van der Waals surface area contributed by atoms with Crippen molar-refractivity contribution in [2.45, 2.75) is 38.5 Å². The van der Waals surface area contributed by atoms with E-state index in [4.69, 9.17) is 14.7 Å². The molecule has 0 aromatic heterocycles. The molecule has 7 heteroatoms. The Morgan fingerprint density at radius 1 is 1.29 bits per heavy atom. The number of amides is 1. The minimum absolute atomic E-state index is 0.268. The molecule has 2 aliphatic rings. The first-order chi connectivity index (χ1) is 15.1. The van der Waals surface area contributed by atoms with Crippen LogP contribution in [0.1, 0.15) is 28.7 Å². The molecule has 4 rings (SSSR count). The van der Waals surface area contributed by atoms with E-state index in [1.165, 1.54) is 0 Å². The Morgan fingerprint density at radius 3 is 2.97 bits per heavy atom. The first-order valence-electron chi connectivity index (χ1n) is 10.4. The van der Waals surface area contributed by atoms with Gasteiger partial charge >= 0.3 is 0 Å². The third-order valence-corrected chi connectivity index (χ3v) is 5.68. The maximum absolute atomic E-state index is 12.5. The lowest BCUT2D eigenvalue weighted by Crippen LogP contribution is -2.46. The molecule has 1 saturated heterocycles. The topological polar surface area (TPSA) is 107 Å². The molecule has 0 unspecified atom stereocenters. The van der Waals surface area contributed by atoms with Gasteiger partial charge in [-0.3, -0.25) is 4.79 Å². The Balaban J connectivity index is 1.52. The van der Waals surface area contributed by atoms with Gasteiger partial charge in [0.1, 0.15) is 24.5 Å². The first-order valence-corrected chi connectivity index (χ1v) is 10.4. The van der Waals surface area contributed by atoms with Gasteiger partial charge in [-0.15, -0.1) is 0 Å². The largest absolute Gasteiger partial charge is 0.488 e. The van der Waals surface area contributed by atoms with Crippen LogP contribution in [0.5, 0.6) is 5.75 Å². The molecule has 2 heterocycles. The van der Waals surface area contributed by atoms with E-state index in [2.05, 4.69) is 22.8 Å². The monoisotopic (exact) mass is 416 g/mol. The zero-order chi connectivity index (χ0) is 21.8. The predicted octanol–water partition coefficient (Wildman–Crippen LogP) is 2.36. The Morgan fingerprint density at radius 2 is 2.16 bits per heavy atom. The van der Waals surface area contributed by atoms with E-state index in [0.717, 1.165) is 46.5 Å². The number of nitrogens with zero attached hydrogens (tertiary/aromatic N) is 2. The molecular formula is C24H24N4O3. The van der Waals surface area contributed by atoms with Crippen LogP contribution < -0.4 is 15.4 Å². The third kappa shape index (κ3) is 4.54. The highest BCUT2D eigenvalue weighted by Crippen LogP contribution is 2.39. The summed E-state index contributed by atoms with van der Waals surface area (Å²) < 4.78 is 11.5. The highest BCUT2D eigenvalue weighted by molar-refractivity contribution is 5.82. The molecule has 0 saturated carbocycles. The number of ether oxygens (including phenoxy) is 2. The summed E-state index contributed by atoms with van der Waals surface area (Å²) in [5.41, 5.74) is 5.59. The highest BCUT2D eigenvalue weighted by Gasteiger charge is 2.25. The molecule has 2 atom stereocenters. The number of aryl methyl sites for hydroxylation is 1. The molecule has 0 aliphatic carbocycles. The summed E-state index contributed by atoms with van der Waals surface area (Å²) in [5.74, 6) is 0.479. The normalized spacial score (nSPS) is 18.2. The number of hydrogen-bond donors (Lipinski definition) is 2. The maximum atomic E-state index is 12.5. The fourth-order valence-electron chi connectivity index (χ4n) is 3.98. The second kappa shape index (κ2) is 9.18. The number of hydrogen-bond acceptors (Lipinski definition) is 6. The molecule has 0 spiro atoms. The van der Waals surface area contributed by atoms with Crippen molar-refractivity contribution in [3.8, 4) is 29.0 Å². The molecule has 0 bridgehead atoms. The number of carbonyl (C=O) groups is 1. The number of nitriles is 2. The second-order valence-corrected chi connectivity index (χ2v) is 7.86. The van der Waals surface area contributed by atoms with Crippen molar-refractivity contribution < 1.29 is 14.3 Å². The quantitative estimate of drug-likeness (QED) is 0.792. The third-order valence-electron chi connectivity index (χ3n) is 5.68. The van der Waals surface area contributed by atoms with Crippen LogP contribution in [0.15, 0.2) is 30.3 Å². The zero-order valence-electron chi connectivity index (χ0n) is 17.4. The van der Waals surface area contributed by atoms with Crippen LogP contribution >= 0.6 is 0 Å². The number of carbonyl (C=O) groups excluding carboxylic acids is 1. The van der Waals surface area contributed by atoms with Crippen LogP contribution in [-0.2, 0) is 22.6 Å². The molecule has 0 radical (unpaired) electrons. The molecule has 31 heavy (non-hydrogen) atoms. The van der Waals surface area contributed by atoms with Gasteiger partial charge in [0.25, 0.3) is 5.91 Å². The SMILES string of the molecule is Cc1cc2c(cc1C[C@@H](C#N)NC(=O)[C@@H]1CNCCCO1)OCc1cc(C#N)ccc1-2. The molecular weight excluding hydrogens is 392 g/mol. The summed E-state index contributed by atoms with van der Waals surface area (Å²) in [6.45, 7) is 4.18. The molecule has 2 aliphatic heterocycles. The zero-order valence-corrected chi connectivity index (χ0v) is 17.4. The van der Waals surface area contributed by atoms with Crippen molar-refractivity contribution in [1.82, 2.24) is 10.6 Å². The van der Waals surface area contributed by atoms with E-state index in [1.54, 1.807) is 0 Å². The van der Waals surface area contributed by atoms with E-state index in [-0.39, 0.29) is 5.91 Å². The molecule has 2 aromatic rings. The van der Waals surface area contributed by atoms with Crippen LogP contribution in [0.3, 0.4) is 0 Å². The maximum Gasteiger partial charge on any atom is 0.251 e. The van der Waals surface area contributed by atoms with E-state index < -0.39 is 12.1 Å². The van der Waals surface area contributed by atoms with Gasteiger partial charge in [-0.05, 0) is 66.4 Å². The van der Waals surface area contributed by atoms with Crippen molar-refractivity contribution in [2.75, 3.05) is 19.7 Å². The summed E-state index contributed by atoms with van der Waals surface area (Å²) in [7, 11) is 0. The van der Waals surface area contributed by atoms with Crippen LogP contribution in [0.25, 0.3) is 11.1 Å². The van der Waals surface area contributed by atoms with E-state index in [9.17, 15) is 10.1 Å². The van der Waals surface area contributed by atoms with Crippen LogP contribution in [0, 0.1) is 29.6 Å². The molecule has 1 fully saturated rings. The highest BCUT2D eigenvalue weighted by atomic mass is 16.5. The Labute approximate surface area is 181 Å². The number of nitrogens with one attached hydrogen (secondary N) is 2. The van der Waals surface area contributed by atoms with Crippen molar-refractivity contribution in [2.24, 2.45) is 0 Å². The minimum atomic E-state index is -0.662. The van der Waals surface area contributed by atoms with Gasteiger partial charge < -0.3 is 20.1 Å². The van der Waals surface area contributed by atoms with Gasteiger partial charge in [0.05, 0.1) is 17.7 Å². The Hall–Kier alpha value is -3.39. The average Bonchev–Trinajstić information content (AvgIpc) is 3.08. The fourth-order valence-corrected chi connectivity index (χ4v) is 3.98. The second-order valence-electron chi connectivity index (χ2n) is 7.86. The summed E-state index contributed by atoms with van der Waals surface area (Å²) in [6, 6.07) is 13.3. The standard InChI is InChI=1S/C24H24N4O3/c1-15-7-21-20-4-3-16(11-25)8-18(20)14-31-22(21)10-17(15)9-19(12-26)28-24(29)23-13-27-5-2-6-30-23/h3-4,7-8,10,19,23,27H,2,5-6,9,13-14H2,1H3,(H,28,29)/t19-,23-/m0/s1. The van der Waals surface area contributed by atoms with Gasteiger partial charge in [-0.1, -0.05) is 6.07 Å². The fraction of sp³-hybridized carbons (Fsp3) is 0.375. The minimum Gasteiger partial charge on any atom is -0.488 e. The van der Waals surface area contributed by atoms with Crippen LogP contribution in [-0.4, -0.2) is 37.7 Å². The summed E-state index contributed by atoms with van der Waals surface area (Å²) in [5, 5.41) is 24.7.